The summed E-state index contributed by atoms with van der Waals surface area (Å²) in [4.78, 5) is 29.4. The number of carbonyl (C=O) groups excluding carboxylic acids is 2. The molecule has 2 amide bonds. The average molecular weight is 493 g/mol. The first-order valence-electron chi connectivity index (χ1n) is 12.1. The third kappa shape index (κ3) is 6.77. The molecule has 1 aliphatic rings. The number of halogens is 1. The summed E-state index contributed by atoms with van der Waals surface area (Å²) in [7, 11) is 0. The fourth-order valence-electron chi connectivity index (χ4n) is 4.03. The quantitative estimate of drug-likeness (QED) is 0.528. The summed E-state index contributed by atoms with van der Waals surface area (Å²) in [6, 6.07) is 17.4. The van der Waals surface area contributed by atoms with Crippen molar-refractivity contribution in [2.45, 2.75) is 26.2 Å². The summed E-state index contributed by atoms with van der Waals surface area (Å²) < 4.78 is 14.8. The van der Waals surface area contributed by atoms with Gasteiger partial charge in [0.15, 0.2) is 0 Å². The standard InChI is InChI=1S/C27H33FN6O2/c1-27(2,3)23-17-24(34(31-23)22-7-5-4-6-8-22)30-26(36)19-33-15-13-32(14-16-33)18-25(35)29-21-11-9-20(28)10-12-21/h4-12,17H,13-16,18-19H2,1-3H3,(H,29,35)(H,30,36). The monoisotopic (exact) mass is 492 g/mol. The zero-order valence-corrected chi connectivity index (χ0v) is 21.0. The maximum Gasteiger partial charge on any atom is 0.239 e. The molecule has 2 N–H and O–H groups in total. The topological polar surface area (TPSA) is 82.5 Å². The van der Waals surface area contributed by atoms with Gasteiger partial charge in [-0.1, -0.05) is 39.0 Å². The lowest BCUT2D eigenvalue weighted by atomic mass is 9.92. The summed E-state index contributed by atoms with van der Waals surface area (Å²) in [5.74, 6) is 0.0613. The van der Waals surface area contributed by atoms with Gasteiger partial charge < -0.3 is 10.6 Å². The fourth-order valence-corrected chi connectivity index (χ4v) is 4.03. The summed E-state index contributed by atoms with van der Waals surface area (Å²) in [6.07, 6.45) is 0. The van der Waals surface area contributed by atoms with Crippen LogP contribution in [0.2, 0.25) is 0 Å². The zero-order chi connectivity index (χ0) is 25.7. The summed E-state index contributed by atoms with van der Waals surface area (Å²) in [5, 5.41) is 10.6. The second-order valence-electron chi connectivity index (χ2n) is 10.1. The molecule has 0 bridgehead atoms. The highest BCUT2D eigenvalue weighted by Gasteiger charge is 2.24. The molecule has 3 aromatic rings. The van der Waals surface area contributed by atoms with Crippen LogP contribution in [0.5, 0.6) is 0 Å². The molecule has 9 heteroatoms. The lowest BCUT2D eigenvalue weighted by molar-refractivity contribution is -0.120. The van der Waals surface area contributed by atoms with Crippen molar-refractivity contribution in [3.63, 3.8) is 0 Å². The minimum atomic E-state index is -0.340. The van der Waals surface area contributed by atoms with Crippen LogP contribution >= 0.6 is 0 Å². The number of hydrogen-bond acceptors (Lipinski definition) is 5. The highest BCUT2D eigenvalue weighted by molar-refractivity contribution is 5.92. The van der Waals surface area contributed by atoms with Gasteiger partial charge in [-0.2, -0.15) is 5.10 Å². The Hall–Kier alpha value is -3.56. The molecule has 2 aromatic carbocycles. The normalized spacial score (nSPS) is 15.0. The molecule has 0 radical (unpaired) electrons. The highest BCUT2D eigenvalue weighted by Crippen LogP contribution is 2.26. The smallest absolute Gasteiger partial charge is 0.239 e. The second-order valence-corrected chi connectivity index (χ2v) is 10.1. The van der Waals surface area contributed by atoms with Crippen LogP contribution in [-0.4, -0.2) is 70.7 Å². The van der Waals surface area contributed by atoms with Crippen molar-refractivity contribution in [1.82, 2.24) is 19.6 Å². The van der Waals surface area contributed by atoms with E-state index in [4.69, 9.17) is 5.10 Å². The van der Waals surface area contributed by atoms with E-state index in [1.165, 1.54) is 24.3 Å². The second kappa shape index (κ2) is 11.0. The van der Waals surface area contributed by atoms with E-state index in [2.05, 4.69) is 36.3 Å². The number of piperazine rings is 1. The van der Waals surface area contributed by atoms with Crippen LogP contribution in [0.4, 0.5) is 15.9 Å². The van der Waals surface area contributed by atoms with E-state index in [0.717, 1.165) is 11.4 Å². The van der Waals surface area contributed by atoms with E-state index in [0.29, 0.717) is 37.7 Å². The SMILES string of the molecule is CC(C)(C)c1cc(NC(=O)CN2CCN(CC(=O)Nc3ccc(F)cc3)CC2)n(-c2ccccc2)n1. The van der Waals surface area contributed by atoms with Crippen LogP contribution < -0.4 is 10.6 Å². The van der Waals surface area contributed by atoms with E-state index in [1.54, 1.807) is 4.68 Å². The van der Waals surface area contributed by atoms with Crippen LogP contribution in [0, 0.1) is 5.82 Å². The molecule has 4 rings (SSSR count). The molecule has 1 saturated heterocycles. The molecule has 0 atom stereocenters. The number of nitrogens with zero attached hydrogens (tertiary/aromatic N) is 4. The van der Waals surface area contributed by atoms with Crippen molar-refractivity contribution in [2.75, 3.05) is 49.9 Å². The number of rotatable bonds is 7. The molecular formula is C27H33FN6O2. The van der Waals surface area contributed by atoms with Gasteiger partial charge in [0.05, 0.1) is 24.5 Å². The van der Waals surface area contributed by atoms with Crippen molar-refractivity contribution >= 4 is 23.3 Å². The van der Waals surface area contributed by atoms with E-state index >= 15 is 0 Å². The predicted octanol–water partition coefficient (Wildman–Crippen LogP) is 3.50. The number of hydrogen-bond donors (Lipinski definition) is 2. The van der Waals surface area contributed by atoms with Gasteiger partial charge in [0.2, 0.25) is 11.8 Å². The Morgan fingerprint density at radius 1 is 0.861 bits per heavy atom. The van der Waals surface area contributed by atoms with Crippen LogP contribution in [-0.2, 0) is 15.0 Å². The Morgan fingerprint density at radius 3 is 1.97 bits per heavy atom. The minimum Gasteiger partial charge on any atom is -0.325 e. The molecule has 8 nitrogen and oxygen atoms in total. The molecule has 190 valence electrons. The Bertz CT molecular complexity index is 1180. The number of amides is 2. The molecule has 0 saturated carbocycles. The average Bonchev–Trinajstić information content (AvgIpc) is 3.26. The van der Waals surface area contributed by atoms with Crippen LogP contribution in [0.3, 0.4) is 0 Å². The van der Waals surface area contributed by atoms with Crippen molar-refractivity contribution in [2.24, 2.45) is 0 Å². The summed E-state index contributed by atoms with van der Waals surface area (Å²) >= 11 is 0. The van der Waals surface area contributed by atoms with Gasteiger partial charge in [-0.3, -0.25) is 19.4 Å². The van der Waals surface area contributed by atoms with Gasteiger partial charge in [-0.25, -0.2) is 9.07 Å². The largest absolute Gasteiger partial charge is 0.325 e. The number of para-hydroxylation sites is 1. The Balaban J connectivity index is 1.29. The van der Waals surface area contributed by atoms with Crippen LogP contribution in [0.25, 0.3) is 5.69 Å². The molecule has 1 aliphatic heterocycles. The maximum absolute atomic E-state index is 13.0. The first kappa shape index (κ1) is 25.5. The number of carbonyl (C=O) groups is 2. The molecule has 36 heavy (non-hydrogen) atoms. The van der Waals surface area contributed by atoms with Gasteiger partial charge in [-0.15, -0.1) is 0 Å². The van der Waals surface area contributed by atoms with E-state index in [9.17, 15) is 14.0 Å². The lowest BCUT2D eigenvalue weighted by Crippen LogP contribution is -2.50. The highest BCUT2D eigenvalue weighted by atomic mass is 19.1. The molecule has 0 spiro atoms. The number of aromatic nitrogens is 2. The Labute approximate surface area is 211 Å². The molecule has 0 unspecified atom stereocenters. The maximum atomic E-state index is 13.0. The van der Waals surface area contributed by atoms with E-state index < -0.39 is 0 Å². The van der Waals surface area contributed by atoms with Gasteiger partial charge in [0.1, 0.15) is 11.6 Å². The fraction of sp³-hybridized carbons (Fsp3) is 0.370. The molecule has 2 heterocycles. The van der Waals surface area contributed by atoms with Gasteiger partial charge in [0.25, 0.3) is 0 Å². The molecule has 1 aromatic heterocycles. The van der Waals surface area contributed by atoms with Crippen molar-refractivity contribution in [1.29, 1.82) is 0 Å². The molecule has 1 fully saturated rings. The lowest BCUT2D eigenvalue weighted by Gasteiger charge is -2.33. The third-order valence-electron chi connectivity index (χ3n) is 6.07. The zero-order valence-electron chi connectivity index (χ0n) is 21.0. The van der Waals surface area contributed by atoms with Crippen LogP contribution in [0.15, 0.2) is 60.7 Å². The third-order valence-corrected chi connectivity index (χ3v) is 6.07. The van der Waals surface area contributed by atoms with Crippen molar-refractivity contribution in [3.8, 4) is 5.69 Å². The Morgan fingerprint density at radius 2 is 1.42 bits per heavy atom. The minimum absolute atomic E-state index is 0.102. The number of nitrogens with one attached hydrogen (secondary N) is 2. The predicted molar refractivity (Wildman–Crippen MR) is 139 cm³/mol. The summed E-state index contributed by atoms with van der Waals surface area (Å²) in [6.45, 7) is 9.52. The van der Waals surface area contributed by atoms with Crippen molar-refractivity contribution < 1.29 is 14.0 Å². The summed E-state index contributed by atoms with van der Waals surface area (Å²) in [5.41, 5.74) is 2.20. The molecule has 0 aliphatic carbocycles. The number of benzene rings is 2. The van der Waals surface area contributed by atoms with Crippen LogP contribution in [0.1, 0.15) is 26.5 Å². The first-order valence-corrected chi connectivity index (χ1v) is 12.1. The Kier molecular flexibility index (Phi) is 7.81. The molecular weight excluding hydrogens is 459 g/mol. The first-order chi connectivity index (χ1) is 17.2. The van der Waals surface area contributed by atoms with Gasteiger partial charge in [-0.05, 0) is 36.4 Å². The number of anilines is 2. The van der Waals surface area contributed by atoms with E-state index in [-0.39, 0.29) is 36.1 Å². The van der Waals surface area contributed by atoms with Gasteiger partial charge in [0, 0.05) is 43.3 Å². The van der Waals surface area contributed by atoms with E-state index in [1.807, 2.05) is 41.3 Å². The van der Waals surface area contributed by atoms with Crippen molar-refractivity contribution in [3.05, 3.63) is 72.2 Å². The van der Waals surface area contributed by atoms with Gasteiger partial charge >= 0.3 is 0 Å².